The minimum Gasteiger partial charge on any atom is -0.494 e. The van der Waals surface area contributed by atoms with Crippen molar-refractivity contribution in [1.29, 1.82) is 0 Å². The highest BCUT2D eigenvalue weighted by Crippen LogP contribution is 2.34. The Labute approximate surface area is 163 Å². The average molecular weight is 393 g/mol. The van der Waals surface area contributed by atoms with E-state index in [0.29, 0.717) is 31.5 Å². The van der Waals surface area contributed by atoms with Crippen LogP contribution in [-0.2, 0) is 14.3 Å². The van der Waals surface area contributed by atoms with Crippen molar-refractivity contribution >= 4 is 32.6 Å². The molecule has 0 bridgehead atoms. The van der Waals surface area contributed by atoms with Gasteiger partial charge in [0.15, 0.2) is 5.13 Å². The minimum absolute atomic E-state index is 0.222. The minimum atomic E-state index is -0.222. The standard InChI is InChI=1S/C19H25N3O4S/c1-4-25-14-7-5-8-16-17(14)20-19(27-16)22(10-6-9-21(2)3)18(23)15-13-24-11-12-26-15/h5,7-8,13H,4,6,9-12H2,1-3H3/p+1. The summed E-state index contributed by atoms with van der Waals surface area (Å²) in [4.78, 5) is 20.8. The molecule has 3 rings (SSSR count). The molecule has 1 aliphatic rings. The molecule has 27 heavy (non-hydrogen) atoms. The number of fused-ring (bicyclic) bond motifs is 1. The summed E-state index contributed by atoms with van der Waals surface area (Å²) in [6.07, 6.45) is 2.26. The van der Waals surface area contributed by atoms with Gasteiger partial charge in [0.1, 0.15) is 30.7 Å². The van der Waals surface area contributed by atoms with E-state index in [1.165, 1.54) is 22.5 Å². The number of carbonyl (C=O) groups excluding carboxylic acids is 1. The molecule has 7 nitrogen and oxygen atoms in total. The highest BCUT2D eigenvalue weighted by atomic mass is 32.1. The number of aromatic nitrogens is 1. The molecule has 2 aromatic rings. The van der Waals surface area contributed by atoms with E-state index in [0.717, 1.165) is 28.9 Å². The second-order valence-corrected chi connectivity index (χ2v) is 7.51. The van der Waals surface area contributed by atoms with Crippen molar-refractivity contribution < 1.29 is 23.9 Å². The lowest BCUT2D eigenvalue weighted by molar-refractivity contribution is -0.858. The van der Waals surface area contributed by atoms with E-state index < -0.39 is 0 Å². The molecule has 0 atom stereocenters. The van der Waals surface area contributed by atoms with Crippen molar-refractivity contribution in [3.63, 3.8) is 0 Å². The number of hydrogen-bond donors (Lipinski definition) is 1. The first kappa shape index (κ1) is 19.4. The van der Waals surface area contributed by atoms with E-state index in [9.17, 15) is 4.79 Å². The number of quaternary nitrogens is 1. The first-order valence-corrected chi connectivity index (χ1v) is 9.99. The third kappa shape index (κ3) is 4.70. The summed E-state index contributed by atoms with van der Waals surface area (Å²) in [6, 6.07) is 5.83. The number of hydrogen-bond acceptors (Lipinski definition) is 6. The Morgan fingerprint density at radius 2 is 2.22 bits per heavy atom. The van der Waals surface area contributed by atoms with Crippen LogP contribution in [0.5, 0.6) is 5.75 Å². The molecular weight excluding hydrogens is 366 g/mol. The van der Waals surface area contributed by atoms with Gasteiger partial charge in [0.25, 0.3) is 5.91 Å². The Morgan fingerprint density at radius 1 is 1.37 bits per heavy atom. The summed E-state index contributed by atoms with van der Waals surface area (Å²) >= 11 is 1.48. The fraction of sp³-hybridized carbons (Fsp3) is 0.474. The average Bonchev–Trinajstić information content (AvgIpc) is 3.10. The number of thiazole rings is 1. The molecule has 0 aliphatic carbocycles. The number of nitrogens with one attached hydrogen (secondary N) is 1. The van der Waals surface area contributed by atoms with Crippen LogP contribution in [0.3, 0.4) is 0 Å². The smallest absolute Gasteiger partial charge is 0.298 e. The van der Waals surface area contributed by atoms with Crippen molar-refractivity contribution in [3.8, 4) is 5.75 Å². The number of ether oxygens (including phenoxy) is 3. The van der Waals surface area contributed by atoms with E-state index in [2.05, 4.69) is 14.1 Å². The maximum atomic E-state index is 13.0. The molecule has 0 fully saturated rings. The van der Waals surface area contributed by atoms with Crippen molar-refractivity contribution in [2.75, 3.05) is 51.9 Å². The van der Waals surface area contributed by atoms with Gasteiger partial charge in [0.05, 0.1) is 31.9 Å². The zero-order valence-electron chi connectivity index (χ0n) is 16.0. The maximum absolute atomic E-state index is 13.0. The first-order valence-electron chi connectivity index (χ1n) is 9.18. The Kier molecular flexibility index (Phi) is 6.52. The van der Waals surface area contributed by atoms with Gasteiger partial charge in [-0.1, -0.05) is 17.4 Å². The fourth-order valence-corrected chi connectivity index (χ4v) is 3.79. The highest BCUT2D eigenvalue weighted by Gasteiger charge is 2.26. The number of rotatable bonds is 8. The maximum Gasteiger partial charge on any atom is 0.298 e. The number of amides is 1. The van der Waals surface area contributed by atoms with Gasteiger partial charge in [-0.25, -0.2) is 4.98 Å². The van der Waals surface area contributed by atoms with Gasteiger partial charge in [0, 0.05) is 13.0 Å². The molecule has 146 valence electrons. The normalized spacial score (nSPS) is 13.9. The highest BCUT2D eigenvalue weighted by molar-refractivity contribution is 7.22. The Balaban J connectivity index is 1.91. The predicted molar refractivity (Wildman–Crippen MR) is 105 cm³/mol. The molecule has 2 heterocycles. The predicted octanol–water partition coefficient (Wildman–Crippen LogP) is 1.45. The van der Waals surface area contributed by atoms with Gasteiger partial charge in [-0.3, -0.25) is 9.69 Å². The lowest BCUT2D eigenvalue weighted by Gasteiger charge is -2.23. The monoisotopic (exact) mass is 392 g/mol. The molecule has 0 saturated carbocycles. The van der Waals surface area contributed by atoms with Crippen molar-refractivity contribution in [1.82, 2.24) is 4.98 Å². The fourth-order valence-electron chi connectivity index (χ4n) is 2.79. The summed E-state index contributed by atoms with van der Waals surface area (Å²) in [7, 11) is 4.19. The molecule has 0 saturated heterocycles. The zero-order valence-corrected chi connectivity index (χ0v) is 16.8. The summed E-state index contributed by atoms with van der Waals surface area (Å²) in [5, 5.41) is 0.644. The SMILES string of the molecule is CCOc1cccc2sc(N(CCC[NH+](C)C)C(=O)C3=COCCO3)nc12. The molecule has 1 aliphatic heterocycles. The van der Waals surface area contributed by atoms with Crippen molar-refractivity contribution in [2.45, 2.75) is 13.3 Å². The van der Waals surface area contributed by atoms with Crippen molar-refractivity contribution in [2.24, 2.45) is 0 Å². The van der Waals surface area contributed by atoms with E-state index in [4.69, 9.17) is 19.2 Å². The van der Waals surface area contributed by atoms with Crippen LogP contribution in [0.1, 0.15) is 13.3 Å². The van der Waals surface area contributed by atoms with Gasteiger partial charge in [-0.05, 0) is 19.1 Å². The second kappa shape index (κ2) is 9.05. The largest absolute Gasteiger partial charge is 0.494 e. The van der Waals surface area contributed by atoms with Crippen LogP contribution in [0.4, 0.5) is 5.13 Å². The summed E-state index contributed by atoms with van der Waals surface area (Å²) < 4.78 is 17.4. The summed E-state index contributed by atoms with van der Waals surface area (Å²) in [6.45, 7) is 4.86. The van der Waals surface area contributed by atoms with Crippen molar-refractivity contribution in [3.05, 3.63) is 30.2 Å². The van der Waals surface area contributed by atoms with Crippen LogP contribution in [0.2, 0.25) is 0 Å². The van der Waals surface area contributed by atoms with Crippen LogP contribution in [0, 0.1) is 0 Å². The number of anilines is 1. The second-order valence-electron chi connectivity index (χ2n) is 6.50. The molecular formula is C19H26N3O4S+. The van der Waals surface area contributed by atoms with Gasteiger partial charge in [0.2, 0.25) is 5.76 Å². The number of carbonyl (C=O) groups is 1. The number of benzene rings is 1. The van der Waals surface area contributed by atoms with E-state index in [1.54, 1.807) is 4.90 Å². The Hall–Kier alpha value is -2.32. The van der Waals surface area contributed by atoms with Gasteiger partial charge >= 0.3 is 0 Å². The van der Waals surface area contributed by atoms with Crippen LogP contribution < -0.4 is 14.5 Å². The van der Waals surface area contributed by atoms with Gasteiger partial charge in [-0.15, -0.1) is 0 Å². The number of para-hydroxylation sites is 1. The van der Waals surface area contributed by atoms with Gasteiger partial charge in [-0.2, -0.15) is 0 Å². The van der Waals surface area contributed by atoms with Crippen LogP contribution in [0.25, 0.3) is 10.2 Å². The van der Waals surface area contributed by atoms with Crippen LogP contribution in [0.15, 0.2) is 30.2 Å². The zero-order chi connectivity index (χ0) is 19.2. The van der Waals surface area contributed by atoms with Gasteiger partial charge < -0.3 is 19.1 Å². The topological polar surface area (TPSA) is 65.3 Å². The van der Waals surface area contributed by atoms with E-state index >= 15 is 0 Å². The third-order valence-electron chi connectivity index (χ3n) is 4.06. The number of nitrogens with zero attached hydrogens (tertiary/aromatic N) is 2. The molecule has 0 spiro atoms. The van der Waals surface area contributed by atoms with E-state index in [1.807, 2.05) is 25.1 Å². The third-order valence-corrected chi connectivity index (χ3v) is 5.11. The first-order chi connectivity index (χ1) is 13.1. The molecule has 0 unspecified atom stereocenters. The molecule has 1 aromatic carbocycles. The lowest BCUT2D eigenvalue weighted by Crippen LogP contribution is -3.05. The molecule has 1 amide bonds. The van der Waals surface area contributed by atoms with Crippen LogP contribution in [-0.4, -0.2) is 57.9 Å². The van der Waals surface area contributed by atoms with Crippen LogP contribution >= 0.6 is 11.3 Å². The molecule has 1 aromatic heterocycles. The molecule has 8 heteroatoms. The summed E-state index contributed by atoms with van der Waals surface area (Å²) in [5.41, 5.74) is 0.783. The Bertz CT molecular complexity index is 818. The quantitative estimate of drug-likeness (QED) is 0.737. The Morgan fingerprint density at radius 3 is 2.93 bits per heavy atom. The lowest BCUT2D eigenvalue weighted by atomic mass is 10.3. The molecule has 0 radical (unpaired) electrons. The molecule has 1 N–H and O–H groups in total. The summed E-state index contributed by atoms with van der Waals surface area (Å²) in [5.74, 6) is 0.738. The van der Waals surface area contributed by atoms with E-state index in [-0.39, 0.29) is 11.7 Å².